The number of para-hydroxylation sites is 1. The van der Waals surface area contributed by atoms with Gasteiger partial charge in [-0.05, 0) is 12.1 Å². The monoisotopic (exact) mass is 232 g/mol. The number of carbonyl (C=O) groups excluding carboxylic acids is 2. The van der Waals surface area contributed by atoms with Gasteiger partial charge in [0.2, 0.25) is 5.91 Å². The van der Waals surface area contributed by atoms with Gasteiger partial charge in [0.25, 0.3) is 11.6 Å². The molecule has 2 amide bonds. The molecule has 2 rings (SSSR count). The topological polar surface area (TPSA) is 89.3 Å². The molecule has 0 saturated carbocycles. The highest BCUT2D eigenvalue weighted by Gasteiger charge is 2.24. The van der Waals surface area contributed by atoms with Gasteiger partial charge in [0, 0.05) is 11.6 Å². The van der Waals surface area contributed by atoms with Crippen molar-refractivity contribution in [3.8, 4) is 0 Å². The first-order chi connectivity index (χ1) is 8.08. The number of nitro benzene ring substituents is 1. The second-order valence-electron chi connectivity index (χ2n) is 3.54. The van der Waals surface area contributed by atoms with E-state index in [1.54, 1.807) is 12.1 Å². The molecular formula is C11H8N2O4. The van der Waals surface area contributed by atoms with Crippen LogP contribution < -0.4 is 5.32 Å². The van der Waals surface area contributed by atoms with Crippen LogP contribution >= 0.6 is 0 Å². The number of benzene rings is 1. The summed E-state index contributed by atoms with van der Waals surface area (Å²) < 4.78 is 0. The van der Waals surface area contributed by atoms with E-state index in [9.17, 15) is 19.7 Å². The van der Waals surface area contributed by atoms with Gasteiger partial charge in [-0.3, -0.25) is 25.0 Å². The lowest BCUT2D eigenvalue weighted by molar-refractivity contribution is -0.385. The average molecular weight is 232 g/mol. The number of amides is 2. The third-order valence-corrected chi connectivity index (χ3v) is 2.36. The zero-order valence-corrected chi connectivity index (χ0v) is 8.67. The Labute approximate surface area is 96.1 Å². The maximum atomic E-state index is 11.3. The van der Waals surface area contributed by atoms with Crippen molar-refractivity contribution >= 4 is 23.6 Å². The smallest absolute Gasteiger partial charge is 0.276 e. The van der Waals surface area contributed by atoms with Gasteiger partial charge in [0.05, 0.1) is 16.9 Å². The van der Waals surface area contributed by atoms with Gasteiger partial charge < -0.3 is 0 Å². The Hall–Kier alpha value is -2.50. The van der Waals surface area contributed by atoms with Crippen LogP contribution in [0.3, 0.4) is 0 Å². The van der Waals surface area contributed by atoms with Crippen LogP contribution in [0.4, 0.5) is 5.69 Å². The summed E-state index contributed by atoms with van der Waals surface area (Å²) in [5.41, 5.74) is 0.466. The summed E-state index contributed by atoms with van der Waals surface area (Å²) >= 11 is 0. The first-order valence-electron chi connectivity index (χ1n) is 4.86. The normalized spacial score (nSPS) is 17.3. The van der Waals surface area contributed by atoms with Crippen LogP contribution in [0.1, 0.15) is 12.0 Å². The molecule has 6 heteroatoms. The minimum Gasteiger partial charge on any atom is -0.292 e. The van der Waals surface area contributed by atoms with Crippen LogP contribution in [0, 0.1) is 10.1 Å². The summed E-state index contributed by atoms with van der Waals surface area (Å²) in [6, 6.07) is 6.05. The molecule has 17 heavy (non-hydrogen) atoms. The fourth-order valence-electron chi connectivity index (χ4n) is 1.58. The lowest BCUT2D eigenvalue weighted by atomic mass is 10.1. The number of hydrogen-bond donors (Lipinski definition) is 1. The van der Waals surface area contributed by atoms with Gasteiger partial charge in [-0.25, -0.2) is 0 Å². The predicted octanol–water partition coefficient (Wildman–Crippen LogP) is 1.02. The average Bonchev–Trinajstić information content (AvgIpc) is 2.58. The molecule has 1 N–H and O–H groups in total. The van der Waals surface area contributed by atoms with Gasteiger partial charge in [-0.15, -0.1) is 0 Å². The third kappa shape index (κ3) is 2.20. The van der Waals surface area contributed by atoms with Crippen LogP contribution in [-0.2, 0) is 9.59 Å². The molecule has 1 heterocycles. The van der Waals surface area contributed by atoms with E-state index in [1.807, 2.05) is 0 Å². The molecule has 0 radical (unpaired) electrons. The summed E-state index contributed by atoms with van der Waals surface area (Å²) in [5, 5.41) is 12.9. The molecule has 0 spiro atoms. The molecule has 0 aromatic heterocycles. The number of imide groups is 1. The van der Waals surface area contributed by atoms with E-state index in [4.69, 9.17) is 0 Å². The van der Waals surface area contributed by atoms with E-state index < -0.39 is 10.8 Å². The molecule has 6 nitrogen and oxygen atoms in total. The Morgan fingerprint density at radius 3 is 2.59 bits per heavy atom. The SMILES string of the molecule is O=C1C/C(=C\c2ccccc2[N+](=O)[O-])C(=O)N1. The summed E-state index contributed by atoms with van der Waals surface area (Å²) in [7, 11) is 0. The molecule has 86 valence electrons. The molecule has 0 aliphatic carbocycles. The lowest BCUT2D eigenvalue weighted by Crippen LogP contribution is -2.19. The highest BCUT2D eigenvalue weighted by Crippen LogP contribution is 2.22. The Bertz CT molecular complexity index is 548. The van der Waals surface area contributed by atoms with E-state index in [1.165, 1.54) is 18.2 Å². The molecule has 0 unspecified atom stereocenters. The first kappa shape index (κ1) is 11.0. The fraction of sp³-hybridized carbons (Fsp3) is 0.0909. The van der Waals surface area contributed by atoms with Gasteiger partial charge in [-0.2, -0.15) is 0 Å². The van der Waals surface area contributed by atoms with Crippen molar-refractivity contribution in [2.24, 2.45) is 0 Å². The third-order valence-electron chi connectivity index (χ3n) is 2.36. The predicted molar refractivity (Wildman–Crippen MR) is 58.8 cm³/mol. The summed E-state index contributed by atoms with van der Waals surface area (Å²) in [6.07, 6.45) is 1.34. The van der Waals surface area contributed by atoms with Crippen LogP contribution in [-0.4, -0.2) is 16.7 Å². The number of carbonyl (C=O) groups is 2. The zero-order chi connectivity index (χ0) is 12.4. The molecule has 1 aromatic carbocycles. The molecule has 1 saturated heterocycles. The van der Waals surface area contributed by atoms with Crippen molar-refractivity contribution in [1.82, 2.24) is 5.32 Å². The number of rotatable bonds is 2. The summed E-state index contributed by atoms with van der Waals surface area (Å²) in [6.45, 7) is 0. The fourth-order valence-corrected chi connectivity index (χ4v) is 1.58. The van der Waals surface area contributed by atoms with E-state index in [0.717, 1.165) is 0 Å². The van der Waals surface area contributed by atoms with Crippen molar-refractivity contribution in [3.05, 3.63) is 45.5 Å². The molecule has 0 atom stereocenters. The molecule has 1 fully saturated rings. The number of nitro groups is 1. The maximum Gasteiger partial charge on any atom is 0.276 e. The minimum atomic E-state index is -0.527. The quantitative estimate of drug-likeness (QED) is 0.357. The van der Waals surface area contributed by atoms with Crippen molar-refractivity contribution in [2.45, 2.75) is 6.42 Å². The van der Waals surface area contributed by atoms with Crippen LogP contribution in [0.5, 0.6) is 0 Å². The van der Waals surface area contributed by atoms with Crippen molar-refractivity contribution in [3.63, 3.8) is 0 Å². The Kier molecular flexibility index (Phi) is 2.70. The lowest BCUT2D eigenvalue weighted by Gasteiger charge is -1.97. The highest BCUT2D eigenvalue weighted by molar-refractivity contribution is 6.15. The second kappa shape index (κ2) is 4.17. The highest BCUT2D eigenvalue weighted by atomic mass is 16.6. The van der Waals surface area contributed by atoms with Gasteiger partial charge >= 0.3 is 0 Å². The molecule has 1 aliphatic rings. The summed E-state index contributed by atoms with van der Waals surface area (Å²) in [5.74, 6) is -0.881. The van der Waals surface area contributed by atoms with Crippen molar-refractivity contribution in [1.29, 1.82) is 0 Å². The molecule has 1 aromatic rings. The Morgan fingerprint density at radius 1 is 1.29 bits per heavy atom. The van der Waals surface area contributed by atoms with Gasteiger partial charge in [0.15, 0.2) is 0 Å². The molecular weight excluding hydrogens is 224 g/mol. The zero-order valence-electron chi connectivity index (χ0n) is 8.67. The summed E-state index contributed by atoms with van der Waals surface area (Å²) in [4.78, 5) is 32.5. The van der Waals surface area contributed by atoms with Crippen molar-refractivity contribution in [2.75, 3.05) is 0 Å². The second-order valence-corrected chi connectivity index (χ2v) is 3.54. The van der Waals surface area contributed by atoms with E-state index >= 15 is 0 Å². The van der Waals surface area contributed by atoms with Crippen LogP contribution in [0.2, 0.25) is 0 Å². The van der Waals surface area contributed by atoms with Gasteiger partial charge in [0.1, 0.15) is 0 Å². The van der Waals surface area contributed by atoms with Crippen LogP contribution in [0.15, 0.2) is 29.8 Å². The van der Waals surface area contributed by atoms with E-state index in [2.05, 4.69) is 5.32 Å². The first-order valence-corrected chi connectivity index (χ1v) is 4.86. The van der Waals surface area contributed by atoms with E-state index in [-0.39, 0.29) is 23.6 Å². The van der Waals surface area contributed by atoms with Gasteiger partial charge in [-0.1, -0.05) is 12.1 Å². The Morgan fingerprint density at radius 2 is 2.00 bits per heavy atom. The van der Waals surface area contributed by atoms with E-state index in [0.29, 0.717) is 5.56 Å². The Balaban J connectivity index is 2.42. The standard InChI is InChI=1S/C11H8N2O4/c14-10-6-8(11(15)12-10)5-7-3-1-2-4-9(7)13(16)17/h1-5H,6H2,(H,12,14,15)/b8-5+. The number of nitrogens with zero attached hydrogens (tertiary/aromatic N) is 1. The molecule has 0 bridgehead atoms. The minimum absolute atomic E-state index is 0.0368. The maximum absolute atomic E-state index is 11.3. The van der Waals surface area contributed by atoms with Crippen molar-refractivity contribution < 1.29 is 14.5 Å². The number of nitrogens with one attached hydrogen (secondary N) is 1. The number of hydrogen-bond acceptors (Lipinski definition) is 4. The van der Waals surface area contributed by atoms with Crippen LogP contribution in [0.25, 0.3) is 6.08 Å². The largest absolute Gasteiger partial charge is 0.292 e. The molecule has 1 aliphatic heterocycles.